The van der Waals surface area contributed by atoms with Crippen LogP contribution in [-0.4, -0.2) is 37.2 Å². The zero-order valence-corrected chi connectivity index (χ0v) is 19.0. The fraction of sp³-hybridized carbons (Fsp3) is 0.476. The summed E-state index contributed by atoms with van der Waals surface area (Å²) in [6.45, 7) is 8.58. The highest BCUT2D eigenvalue weighted by molar-refractivity contribution is 8.26. The zero-order chi connectivity index (χ0) is 21.4. The molecule has 0 aliphatic carbocycles. The Morgan fingerprint density at radius 1 is 1.21 bits per heavy atom. The van der Waals surface area contributed by atoms with E-state index in [-0.39, 0.29) is 27.5 Å². The first-order valence-corrected chi connectivity index (χ1v) is 10.7. The summed E-state index contributed by atoms with van der Waals surface area (Å²) in [6, 6.07) is 5.55. The van der Waals surface area contributed by atoms with Gasteiger partial charge in [0.15, 0.2) is 0 Å². The molecule has 0 unspecified atom stereocenters. The molecule has 0 saturated carbocycles. The molecule has 1 aliphatic heterocycles. The predicted molar refractivity (Wildman–Crippen MR) is 121 cm³/mol. The minimum absolute atomic E-state index is 0.0286. The molecule has 1 aliphatic rings. The number of halogens is 1. The Balaban J connectivity index is 1.64. The third-order valence-electron chi connectivity index (χ3n) is 4.87. The number of piperidine rings is 1. The van der Waals surface area contributed by atoms with Gasteiger partial charge in [0.25, 0.3) is 0 Å². The quantitative estimate of drug-likeness (QED) is 0.466. The van der Waals surface area contributed by atoms with Crippen molar-refractivity contribution in [1.82, 2.24) is 15.1 Å². The molecule has 0 bridgehead atoms. The van der Waals surface area contributed by atoms with Gasteiger partial charge < -0.3 is 10.1 Å². The molecule has 29 heavy (non-hydrogen) atoms. The highest BCUT2D eigenvalue weighted by Gasteiger charge is 2.39. The molecule has 0 atom stereocenters. The summed E-state index contributed by atoms with van der Waals surface area (Å²) in [6.07, 6.45) is 5.26. The summed E-state index contributed by atoms with van der Waals surface area (Å²) < 4.78 is 7.63. The van der Waals surface area contributed by atoms with E-state index < -0.39 is 0 Å². The summed E-state index contributed by atoms with van der Waals surface area (Å²) in [7, 11) is 1.86. The SMILES string of the molecule is Cn1cc(-c2ccc(C(=N)SC(=N)OC3CC(C)(C)NC(C)(C)C3)c(Cl)c2)cn1. The van der Waals surface area contributed by atoms with Gasteiger partial charge in [-0.15, -0.1) is 0 Å². The third-order valence-corrected chi connectivity index (χ3v) is 5.89. The molecular weight excluding hydrogens is 406 g/mol. The van der Waals surface area contributed by atoms with Crippen LogP contribution in [0.15, 0.2) is 30.6 Å². The number of nitrogens with zero attached hydrogens (tertiary/aromatic N) is 2. The smallest absolute Gasteiger partial charge is 0.249 e. The lowest BCUT2D eigenvalue weighted by molar-refractivity contribution is 0.0507. The average molecular weight is 434 g/mol. The second-order valence-corrected chi connectivity index (χ2v) is 10.2. The average Bonchev–Trinajstić information content (AvgIpc) is 2.97. The Hall–Kier alpha value is -1.83. The van der Waals surface area contributed by atoms with Crippen LogP contribution in [0.2, 0.25) is 5.02 Å². The number of aryl methyl sites for hydroxylation is 1. The Labute approximate surface area is 181 Å². The number of hydrogen-bond acceptors (Lipinski definition) is 6. The van der Waals surface area contributed by atoms with Gasteiger partial charge >= 0.3 is 0 Å². The highest BCUT2D eigenvalue weighted by atomic mass is 35.5. The zero-order valence-electron chi connectivity index (χ0n) is 17.5. The van der Waals surface area contributed by atoms with Crippen LogP contribution < -0.4 is 5.32 Å². The molecule has 156 valence electrons. The van der Waals surface area contributed by atoms with Gasteiger partial charge in [-0.3, -0.25) is 15.5 Å². The van der Waals surface area contributed by atoms with Gasteiger partial charge in [-0.05, 0) is 51.1 Å². The molecule has 1 fully saturated rings. The maximum Gasteiger partial charge on any atom is 0.249 e. The molecular formula is C21H28ClN5OS. The summed E-state index contributed by atoms with van der Waals surface area (Å²) in [5, 5.41) is 25.1. The minimum Gasteiger partial charge on any atom is -0.469 e. The number of aromatic nitrogens is 2. The number of rotatable bonds is 3. The van der Waals surface area contributed by atoms with Gasteiger partial charge in [-0.1, -0.05) is 23.7 Å². The van der Waals surface area contributed by atoms with Gasteiger partial charge in [0.05, 0.1) is 11.2 Å². The van der Waals surface area contributed by atoms with E-state index in [1.54, 1.807) is 10.9 Å². The number of nitrogens with one attached hydrogen (secondary N) is 3. The number of ether oxygens (including phenoxy) is 1. The fourth-order valence-electron chi connectivity index (χ4n) is 4.08. The molecule has 1 aromatic heterocycles. The largest absolute Gasteiger partial charge is 0.469 e. The lowest BCUT2D eigenvalue weighted by Gasteiger charge is -2.46. The van der Waals surface area contributed by atoms with E-state index in [0.29, 0.717) is 10.6 Å². The van der Waals surface area contributed by atoms with Crippen molar-refractivity contribution in [3.63, 3.8) is 0 Å². The standard InChI is InChI=1S/C21H28ClN5OS/c1-20(2)9-15(10-21(3,4)26-20)28-19(24)29-18(23)16-7-6-13(8-17(16)22)14-11-25-27(5)12-14/h6-8,11-12,15,23-24,26H,9-10H2,1-5H3. The van der Waals surface area contributed by atoms with Gasteiger partial charge in [0.1, 0.15) is 11.1 Å². The van der Waals surface area contributed by atoms with Crippen molar-refractivity contribution in [2.24, 2.45) is 7.05 Å². The van der Waals surface area contributed by atoms with Gasteiger partial charge in [-0.2, -0.15) is 5.10 Å². The van der Waals surface area contributed by atoms with Crippen LogP contribution in [0, 0.1) is 10.8 Å². The summed E-state index contributed by atoms with van der Waals surface area (Å²) in [5.41, 5.74) is 2.37. The van der Waals surface area contributed by atoms with Crippen molar-refractivity contribution in [3.05, 3.63) is 41.2 Å². The van der Waals surface area contributed by atoms with Crippen LogP contribution >= 0.6 is 23.4 Å². The van der Waals surface area contributed by atoms with Gasteiger partial charge in [0, 0.05) is 48.3 Å². The van der Waals surface area contributed by atoms with E-state index in [4.69, 9.17) is 27.2 Å². The molecule has 1 saturated heterocycles. The molecule has 3 rings (SSSR count). The molecule has 0 spiro atoms. The van der Waals surface area contributed by atoms with Crippen LogP contribution in [0.1, 0.15) is 46.1 Å². The number of benzene rings is 1. The van der Waals surface area contributed by atoms with E-state index in [0.717, 1.165) is 35.7 Å². The molecule has 6 nitrogen and oxygen atoms in total. The Kier molecular flexibility index (Phi) is 6.13. The first kappa shape index (κ1) is 21.9. The van der Waals surface area contributed by atoms with Crippen molar-refractivity contribution in [2.45, 2.75) is 57.7 Å². The summed E-state index contributed by atoms with van der Waals surface area (Å²) >= 11 is 7.42. The van der Waals surface area contributed by atoms with Crippen molar-refractivity contribution < 1.29 is 4.74 Å². The molecule has 3 N–H and O–H groups in total. The fourth-order valence-corrected chi connectivity index (χ4v) is 5.07. The van der Waals surface area contributed by atoms with Crippen LogP contribution in [0.5, 0.6) is 0 Å². The maximum absolute atomic E-state index is 8.38. The number of thioether (sulfide) groups is 1. The van der Waals surface area contributed by atoms with Crippen molar-refractivity contribution in [1.29, 1.82) is 10.8 Å². The second-order valence-electron chi connectivity index (χ2n) is 8.86. The summed E-state index contributed by atoms with van der Waals surface area (Å²) in [5.74, 6) is 0. The molecule has 1 aromatic carbocycles. The van der Waals surface area contributed by atoms with E-state index in [9.17, 15) is 0 Å². The van der Waals surface area contributed by atoms with Gasteiger partial charge in [-0.25, -0.2) is 0 Å². The molecule has 8 heteroatoms. The Morgan fingerprint density at radius 3 is 2.41 bits per heavy atom. The normalized spacial score (nSPS) is 18.4. The minimum atomic E-state index is -0.0592. The lowest BCUT2D eigenvalue weighted by atomic mass is 9.81. The Morgan fingerprint density at radius 2 is 1.86 bits per heavy atom. The molecule has 0 amide bonds. The maximum atomic E-state index is 8.38. The van der Waals surface area contributed by atoms with E-state index in [1.165, 1.54) is 0 Å². The molecule has 0 radical (unpaired) electrons. The number of hydrogen-bond donors (Lipinski definition) is 3. The van der Waals surface area contributed by atoms with Crippen molar-refractivity contribution in [3.8, 4) is 11.1 Å². The van der Waals surface area contributed by atoms with Crippen LogP contribution in [0.25, 0.3) is 11.1 Å². The van der Waals surface area contributed by atoms with Crippen LogP contribution in [0.3, 0.4) is 0 Å². The van der Waals surface area contributed by atoms with Crippen molar-refractivity contribution >= 4 is 33.6 Å². The summed E-state index contributed by atoms with van der Waals surface area (Å²) in [4.78, 5) is 0. The van der Waals surface area contributed by atoms with E-state index in [1.807, 2.05) is 31.4 Å². The van der Waals surface area contributed by atoms with Crippen molar-refractivity contribution in [2.75, 3.05) is 0 Å². The molecule has 2 heterocycles. The van der Waals surface area contributed by atoms with E-state index in [2.05, 4.69) is 38.1 Å². The third kappa shape index (κ3) is 5.62. The topological polar surface area (TPSA) is 86.8 Å². The second kappa shape index (κ2) is 8.13. The van der Waals surface area contributed by atoms with Gasteiger partial charge in [0.2, 0.25) is 5.23 Å². The Bertz CT molecular complexity index is 921. The van der Waals surface area contributed by atoms with E-state index >= 15 is 0 Å². The lowest BCUT2D eigenvalue weighted by Crippen LogP contribution is -2.59. The monoisotopic (exact) mass is 433 g/mol. The highest BCUT2D eigenvalue weighted by Crippen LogP contribution is 2.32. The van der Waals surface area contributed by atoms with Crippen LogP contribution in [0.4, 0.5) is 0 Å². The molecule has 2 aromatic rings. The first-order valence-electron chi connectivity index (χ1n) is 9.54. The predicted octanol–water partition coefficient (Wildman–Crippen LogP) is 5.06. The first-order chi connectivity index (χ1) is 13.4. The van der Waals surface area contributed by atoms with Crippen LogP contribution in [-0.2, 0) is 11.8 Å².